The smallest absolute Gasteiger partial charge is 0.266 e. The molecule has 1 aromatic heterocycles. The highest BCUT2D eigenvalue weighted by Crippen LogP contribution is 2.34. The van der Waals surface area contributed by atoms with E-state index in [1.54, 1.807) is 18.3 Å². The maximum absolute atomic E-state index is 12.7. The van der Waals surface area contributed by atoms with E-state index >= 15 is 0 Å². The molecule has 8 nitrogen and oxygen atoms in total. The first-order valence-electron chi connectivity index (χ1n) is 7.96. The second kappa shape index (κ2) is 6.16. The molecule has 25 heavy (non-hydrogen) atoms. The molecule has 2 aromatic rings. The zero-order valence-electron chi connectivity index (χ0n) is 13.4. The third-order valence-corrected chi connectivity index (χ3v) is 6.12. The number of fused-ring (bicyclic) bond motifs is 1. The van der Waals surface area contributed by atoms with Gasteiger partial charge in [0, 0.05) is 37.3 Å². The topological polar surface area (TPSA) is 90.7 Å². The second-order valence-electron chi connectivity index (χ2n) is 6.04. The minimum absolute atomic E-state index is 0.0691. The predicted octanol–water partition coefficient (Wildman–Crippen LogP) is 0.335. The second-order valence-corrected chi connectivity index (χ2v) is 7.98. The summed E-state index contributed by atoms with van der Waals surface area (Å²) in [5, 5.41) is 4.00. The molecule has 2 aliphatic rings. The number of rotatable bonds is 4. The standard InChI is InChI=1S/C16H17N3O5S/c20-16-2-1-5-17-19(16)11-12-9-18(10-12)25(21,22)13-3-4-14-15(8-13)24-7-6-23-14/h1-5,8,12H,6-7,9-11H2. The van der Waals surface area contributed by atoms with Crippen LogP contribution in [0.4, 0.5) is 0 Å². The first kappa shape index (κ1) is 16.1. The van der Waals surface area contributed by atoms with Crippen molar-refractivity contribution in [1.29, 1.82) is 0 Å². The fraction of sp³-hybridized carbons (Fsp3) is 0.375. The molecular formula is C16H17N3O5S. The van der Waals surface area contributed by atoms with Gasteiger partial charge < -0.3 is 9.47 Å². The zero-order chi connectivity index (χ0) is 17.4. The monoisotopic (exact) mass is 363 g/mol. The molecule has 0 radical (unpaired) electrons. The number of hydrogen-bond acceptors (Lipinski definition) is 6. The molecule has 0 bridgehead atoms. The largest absolute Gasteiger partial charge is 0.486 e. The van der Waals surface area contributed by atoms with Gasteiger partial charge in [0.2, 0.25) is 10.0 Å². The summed E-state index contributed by atoms with van der Waals surface area (Å²) in [4.78, 5) is 11.9. The molecule has 4 rings (SSSR count). The lowest BCUT2D eigenvalue weighted by Crippen LogP contribution is -2.52. The van der Waals surface area contributed by atoms with Crippen LogP contribution in [0, 0.1) is 5.92 Å². The fourth-order valence-electron chi connectivity index (χ4n) is 2.94. The van der Waals surface area contributed by atoms with E-state index in [0.717, 1.165) is 0 Å². The lowest BCUT2D eigenvalue weighted by molar-refractivity contribution is 0.169. The maximum atomic E-state index is 12.7. The molecule has 2 aliphatic heterocycles. The van der Waals surface area contributed by atoms with E-state index in [4.69, 9.17) is 9.47 Å². The van der Waals surface area contributed by atoms with E-state index in [-0.39, 0.29) is 16.4 Å². The molecule has 0 aliphatic carbocycles. The molecule has 0 N–H and O–H groups in total. The van der Waals surface area contributed by atoms with Crippen LogP contribution in [0.3, 0.4) is 0 Å². The average molecular weight is 363 g/mol. The van der Waals surface area contributed by atoms with Crippen molar-refractivity contribution >= 4 is 10.0 Å². The van der Waals surface area contributed by atoms with Gasteiger partial charge in [-0.1, -0.05) is 0 Å². The Balaban J connectivity index is 1.46. The number of aromatic nitrogens is 2. The number of nitrogens with zero attached hydrogens (tertiary/aromatic N) is 3. The minimum atomic E-state index is -3.58. The van der Waals surface area contributed by atoms with Gasteiger partial charge in [-0.25, -0.2) is 13.1 Å². The van der Waals surface area contributed by atoms with Crippen molar-refractivity contribution in [3.05, 3.63) is 46.9 Å². The number of sulfonamides is 1. The Bertz CT molecular complexity index is 950. The Morgan fingerprint density at radius 1 is 1.12 bits per heavy atom. The van der Waals surface area contributed by atoms with Crippen molar-refractivity contribution < 1.29 is 17.9 Å². The highest BCUT2D eigenvalue weighted by Gasteiger charge is 2.37. The molecule has 3 heterocycles. The van der Waals surface area contributed by atoms with Gasteiger partial charge in [-0.05, 0) is 18.2 Å². The van der Waals surface area contributed by atoms with Gasteiger partial charge >= 0.3 is 0 Å². The van der Waals surface area contributed by atoms with E-state index in [2.05, 4.69) is 5.10 Å². The predicted molar refractivity (Wildman–Crippen MR) is 88.2 cm³/mol. The van der Waals surface area contributed by atoms with Crippen molar-refractivity contribution in [2.45, 2.75) is 11.4 Å². The zero-order valence-corrected chi connectivity index (χ0v) is 14.2. The van der Waals surface area contributed by atoms with Crippen LogP contribution in [-0.2, 0) is 16.6 Å². The first-order chi connectivity index (χ1) is 12.0. The summed E-state index contributed by atoms with van der Waals surface area (Å²) in [5.41, 5.74) is -0.185. The van der Waals surface area contributed by atoms with Crippen molar-refractivity contribution in [2.24, 2.45) is 5.92 Å². The van der Waals surface area contributed by atoms with Crippen LogP contribution in [0.25, 0.3) is 0 Å². The van der Waals surface area contributed by atoms with Gasteiger partial charge in [0.1, 0.15) is 13.2 Å². The summed E-state index contributed by atoms with van der Waals surface area (Å²) in [6.07, 6.45) is 1.55. The average Bonchev–Trinajstić information content (AvgIpc) is 2.58. The van der Waals surface area contributed by atoms with Crippen molar-refractivity contribution in [2.75, 3.05) is 26.3 Å². The third-order valence-electron chi connectivity index (χ3n) is 4.29. The van der Waals surface area contributed by atoms with Crippen molar-refractivity contribution in [1.82, 2.24) is 14.1 Å². The molecular weight excluding hydrogens is 346 g/mol. The Hall–Kier alpha value is -2.39. The van der Waals surface area contributed by atoms with E-state index in [1.807, 2.05) is 0 Å². The van der Waals surface area contributed by atoms with Gasteiger partial charge in [0.25, 0.3) is 5.56 Å². The molecule has 1 fully saturated rings. The lowest BCUT2D eigenvalue weighted by atomic mass is 10.0. The van der Waals surface area contributed by atoms with Crippen LogP contribution in [0.2, 0.25) is 0 Å². The summed E-state index contributed by atoms with van der Waals surface area (Å²) in [6.45, 7) is 1.99. The molecule has 0 saturated carbocycles. The van der Waals surface area contributed by atoms with Crippen LogP contribution in [0.1, 0.15) is 0 Å². The summed E-state index contributed by atoms with van der Waals surface area (Å²) in [5.74, 6) is 1.07. The van der Waals surface area contributed by atoms with E-state index in [9.17, 15) is 13.2 Å². The Morgan fingerprint density at radius 3 is 2.64 bits per heavy atom. The van der Waals surface area contributed by atoms with Crippen LogP contribution < -0.4 is 15.0 Å². The Kier molecular flexibility index (Phi) is 3.97. The number of ether oxygens (including phenoxy) is 2. The highest BCUT2D eigenvalue weighted by molar-refractivity contribution is 7.89. The van der Waals surface area contributed by atoms with Crippen LogP contribution in [0.15, 0.2) is 46.2 Å². The van der Waals surface area contributed by atoms with Crippen LogP contribution in [0.5, 0.6) is 11.5 Å². The van der Waals surface area contributed by atoms with Crippen LogP contribution in [-0.4, -0.2) is 48.8 Å². The normalized spacial score (nSPS) is 17.9. The van der Waals surface area contributed by atoms with E-state index in [0.29, 0.717) is 44.3 Å². The van der Waals surface area contributed by atoms with Gasteiger partial charge in [-0.3, -0.25) is 4.79 Å². The summed E-state index contributed by atoms with van der Waals surface area (Å²) in [7, 11) is -3.58. The molecule has 0 atom stereocenters. The van der Waals surface area contributed by atoms with Gasteiger partial charge in [-0.2, -0.15) is 9.40 Å². The van der Waals surface area contributed by atoms with Crippen molar-refractivity contribution in [3.63, 3.8) is 0 Å². The molecule has 9 heteroatoms. The van der Waals surface area contributed by atoms with Gasteiger partial charge in [0.15, 0.2) is 11.5 Å². The van der Waals surface area contributed by atoms with Crippen LogP contribution >= 0.6 is 0 Å². The quantitative estimate of drug-likeness (QED) is 0.778. The van der Waals surface area contributed by atoms with Crippen molar-refractivity contribution in [3.8, 4) is 11.5 Å². The Labute approximate surface area is 144 Å². The minimum Gasteiger partial charge on any atom is -0.486 e. The molecule has 0 unspecified atom stereocenters. The summed E-state index contributed by atoms with van der Waals surface area (Å²) < 4.78 is 39.0. The van der Waals surface area contributed by atoms with Gasteiger partial charge in [0.05, 0.1) is 11.4 Å². The van der Waals surface area contributed by atoms with E-state index < -0.39 is 10.0 Å². The van der Waals surface area contributed by atoms with Gasteiger partial charge in [-0.15, -0.1) is 0 Å². The Morgan fingerprint density at radius 2 is 1.88 bits per heavy atom. The summed E-state index contributed by atoms with van der Waals surface area (Å²) >= 11 is 0. The molecule has 0 amide bonds. The fourth-order valence-corrected chi connectivity index (χ4v) is 4.54. The SMILES string of the molecule is O=c1cccnn1CC1CN(S(=O)(=O)c2ccc3c(c2)OCCO3)C1. The molecule has 132 valence electrons. The summed E-state index contributed by atoms with van der Waals surface area (Å²) in [6, 6.07) is 7.67. The highest BCUT2D eigenvalue weighted by atomic mass is 32.2. The van der Waals surface area contributed by atoms with E-state index in [1.165, 1.54) is 27.2 Å². The third kappa shape index (κ3) is 3.00. The maximum Gasteiger partial charge on any atom is 0.266 e. The first-order valence-corrected chi connectivity index (χ1v) is 9.40. The number of hydrogen-bond donors (Lipinski definition) is 0. The molecule has 1 aromatic carbocycles. The number of benzene rings is 1. The lowest BCUT2D eigenvalue weighted by Gasteiger charge is -2.38. The molecule has 0 spiro atoms. The molecule has 1 saturated heterocycles.